The Kier molecular flexibility index (Phi) is 8.07. The Balaban J connectivity index is 1.41. The topological polar surface area (TPSA) is 99.3 Å². The molecule has 0 radical (unpaired) electrons. The Labute approximate surface area is 189 Å². The number of anilines is 1. The summed E-state index contributed by atoms with van der Waals surface area (Å²) in [7, 11) is 0. The van der Waals surface area contributed by atoms with Gasteiger partial charge in [-0.15, -0.1) is 0 Å². The number of amides is 4. The molecule has 3 aromatic rings. The van der Waals surface area contributed by atoms with Gasteiger partial charge < -0.3 is 21.3 Å². The lowest BCUT2D eigenvalue weighted by molar-refractivity contribution is -0.120. The molecule has 4 amide bonds. The Morgan fingerprint density at radius 2 is 1.42 bits per heavy atom. The van der Waals surface area contributed by atoms with Crippen molar-refractivity contribution in [1.82, 2.24) is 16.0 Å². The summed E-state index contributed by atoms with van der Waals surface area (Å²) in [6, 6.07) is 17.4. The van der Waals surface area contributed by atoms with Crippen molar-refractivity contribution in [2.45, 2.75) is 13.1 Å². The van der Waals surface area contributed by atoms with Crippen LogP contribution in [-0.4, -0.2) is 24.4 Å². The van der Waals surface area contributed by atoms with Crippen molar-refractivity contribution >= 4 is 23.5 Å². The summed E-state index contributed by atoms with van der Waals surface area (Å²) in [5.74, 6) is -1.72. The Hall–Kier alpha value is -4.27. The molecule has 0 saturated carbocycles. The fourth-order valence-electron chi connectivity index (χ4n) is 2.86. The zero-order valence-electron chi connectivity index (χ0n) is 17.5. The third-order valence-corrected chi connectivity index (χ3v) is 4.54. The number of nitrogens with one attached hydrogen (secondary N) is 4. The van der Waals surface area contributed by atoms with E-state index in [0.29, 0.717) is 5.69 Å². The first-order valence-corrected chi connectivity index (χ1v) is 10.1. The molecule has 0 unspecified atom stereocenters. The molecule has 0 atom stereocenters. The van der Waals surface area contributed by atoms with Crippen LogP contribution in [0.5, 0.6) is 0 Å². The highest BCUT2D eigenvalue weighted by Gasteiger charge is 2.09. The van der Waals surface area contributed by atoms with Crippen molar-refractivity contribution in [2.24, 2.45) is 0 Å². The number of hydrogen-bond acceptors (Lipinski definition) is 3. The van der Waals surface area contributed by atoms with E-state index in [1.807, 2.05) is 0 Å². The molecule has 4 N–H and O–H groups in total. The average molecular weight is 452 g/mol. The highest BCUT2D eigenvalue weighted by atomic mass is 19.1. The minimum atomic E-state index is -0.531. The zero-order chi connectivity index (χ0) is 23.6. The summed E-state index contributed by atoms with van der Waals surface area (Å²) in [6.07, 6.45) is 0. The van der Waals surface area contributed by atoms with Gasteiger partial charge in [-0.05, 0) is 53.6 Å². The Morgan fingerprint density at radius 1 is 0.697 bits per heavy atom. The molecule has 170 valence electrons. The maximum atomic E-state index is 13.3. The molecule has 3 rings (SSSR count). The minimum absolute atomic E-state index is 0.182. The SMILES string of the molecule is O=C(CNC(=O)NCc1ccc(F)cc1)NCc1cccc(NC(=O)c2cccc(F)c2)c1. The van der Waals surface area contributed by atoms with E-state index in [0.717, 1.165) is 17.2 Å². The van der Waals surface area contributed by atoms with Gasteiger partial charge in [0, 0.05) is 24.3 Å². The largest absolute Gasteiger partial charge is 0.350 e. The predicted molar refractivity (Wildman–Crippen MR) is 119 cm³/mol. The van der Waals surface area contributed by atoms with Crippen LogP contribution in [-0.2, 0) is 17.9 Å². The highest BCUT2D eigenvalue weighted by molar-refractivity contribution is 6.04. The van der Waals surface area contributed by atoms with E-state index in [1.165, 1.54) is 30.3 Å². The lowest BCUT2D eigenvalue weighted by Crippen LogP contribution is -2.41. The molecule has 0 bridgehead atoms. The molecule has 0 saturated heterocycles. The third-order valence-electron chi connectivity index (χ3n) is 4.54. The van der Waals surface area contributed by atoms with Gasteiger partial charge in [0.1, 0.15) is 11.6 Å². The highest BCUT2D eigenvalue weighted by Crippen LogP contribution is 2.13. The van der Waals surface area contributed by atoms with Crippen molar-refractivity contribution in [1.29, 1.82) is 0 Å². The van der Waals surface area contributed by atoms with E-state index in [-0.39, 0.29) is 31.0 Å². The number of hydrogen-bond donors (Lipinski definition) is 4. The molecule has 0 aliphatic rings. The Morgan fingerprint density at radius 3 is 2.18 bits per heavy atom. The van der Waals surface area contributed by atoms with Crippen LogP contribution in [0, 0.1) is 11.6 Å². The van der Waals surface area contributed by atoms with E-state index in [4.69, 9.17) is 0 Å². The van der Waals surface area contributed by atoms with Gasteiger partial charge in [0.25, 0.3) is 5.91 Å². The Bertz CT molecular complexity index is 1140. The predicted octanol–water partition coefficient (Wildman–Crippen LogP) is 3.33. The summed E-state index contributed by atoms with van der Waals surface area (Å²) in [4.78, 5) is 36.1. The molecule has 33 heavy (non-hydrogen) atoms. The van der Waals surface area contributed by atoms with Gasteiger partial charge in [-0.1, -0.05) is 30.3 Å². The second-order valence-electron chi connectivity index (χ2n) is 7.10. The normalized spacial score (nSPS) is 10.2. The number of rotatable bonds is 8. The average Bonchev–Trinajstić information content (AvgIpc) is 2.81. The van der Waals surface area contributed by atoms with Crippen LogP contribution in [0.15, 0.2) is 72.8 Å². The van der Waals surface area contributed by atoms with Crippen LogP contribution in [0.25, 0.3) is 0 Å². The molecule has 0 fully saturated rings. The number of urea groups is 1. The fourth-order valence-corrected chi connectivity index (χ4v) is 2.86. The van der Waals surface area contributed by atoms with Crippen molar-refractivity contribution < 1.29 is 23.2 Å². The molecule has 0 aliphatic carbocycles. The zero-order valence-corrected chi connectivity index (χ0v) is 17.5. The standard InChI is InChI=1S/C24H22F2N4O3/c25-19-9-7-16(8-10-19)13-28-24(33)29-15-22(31)27-14-17-3-1-6-21(11-17)30-23(32)18-4-2-5-20(26)12-18/h1-12H,13-15H2,(H,27,31)(H,30,32)(H2,28,29,33). The first kappa shape index (κ1) is 23.4. The summed E-state index contributed by atoms with van der Waals surface area (Å²) < 4.78 is 26.2. The van der Waals surface area contributed by atoms with Gasteiger partial charge in [0.2, 0.25) is 5.91 Å². The fraction of sp³-hybridized carbons (Fsp3) is 0.125. The van der Waals surface area contributed by atoms with Crippen LogP contribution in [0.4, 0.5) is 19.3 Å². The summed E-state index contributed by atoms with van der Waals surface area (Å²) in [6.45, 7) is 0.147. The van der Waals surface area contributed by atoms with E-state index in [2.05, 4.69) is 21.3 Å². The quantitative estimate of drug-likeness (QED) is 0.422. The van der Waals surface area contributed by atoms with Crippen LogP contribution in [0.3, 0.4) is 0 Å². The monoisotopic (exact) mass is 452 g/mol. The lowest BCUT2D eigenvalue weighted by atomic mass is 10.1. The number of carbonyl (C=O) groups is 3. The molecule has 7 nitrogen and oxygen atoms in total. The van der Waals surface area contributed by atoms with Crippen LogP contribution >= 0.6 is 0 Å². The van der Waals surface area contributed by atoms with Crippen molar-refractivity contribution in [3.63, 3.8) is 0 Å². The maximum Gasteiger partial charge on any atom is 0.315 e. The van der Waals surface area contributed by atoms with Gasteiger partial charge in [-0.3, -0.25) is 9.59 Å². The van der Waals surface area contributed by atoms with Gasteiger partial charge in [-0.2, -0.15) is 0 Å². The lowest BCUT2D eigenvalue weighted by Gasteiger charge is -2.10. The molecular weight excluding hydrogens is 430 g/mol. The van der Waals surface area contributed by atoms with Crippen LogP contribution in [0.2, 0.25) is 0 Å². The molecular formula is C24H22F2N4O3. The minimum Gasteiger partial charge on any atom is -0.350 e. The van der Waals surface area contributed by atoms with E-state index >= 15 is 0 Å². The van der Waals surface area contributed by atoms with Gasteiger partial charge in [0.05, 0.1) is 6.54 Å². The van der Waals surface area contributed by atoms with Gasteiger partial charge >= 0.3 is 6.03 Å². The molecule has 3 aromatic carbocycles. The van der Waals surface area contributed by atoms with E-state index < -0.39 is 23.7 Å². The van der Waals surface area contributed by atoms with Gasteiger partial charge in [-0.25, -0.2) is 13.6 Å². The first-order valence-electron chi connectivity index (χ1n) is 10.1. The number of benzene rings is 3. The van der Waals surface area contributed by atoms with Crippen LogP contribution < -0.4 is 21.3 Å². The van der Waals surface area contributed by atoms with Crippen molar-refractivity contribution in [3.05, 3.63) is 101 Å². The summed E-state index contributed by atoms with van der Waals surface area (Å²) in [5.41, 5.74) is 2.13. The summed E-state index contributed by atoms with van der Waals surface area (Å²) in [5, 5.41) is 10.4. The van der Waals surface area contributed by atoms with Crippen molar-refractivity contribution in [3.8, 4) is 0 Å². The summed E-state index contributed by atoms with van der Waals surface area (Å²) >= 11 is 0. The second-order valence-corrected chi connectivity index (χ2v) is 7.10. The molecule has 0 spiro atoms. The van der Waals surface area contributed by atoms with E-state index in [1.54, 1.807) is 36.4 Å². The van der Waals surface area contributed by atoms with Gasteiger partial charge in [0.15, 0.2) is 0 Å². The number of halogens is 2. The van der Waals surface area contributed by atoms with Crippen LogP contribution in [0.1, 0.15) is 21.5 Å². The second kappa shape index (κ2) is 11.4. The smallest absolute Gasteiger partial charge is 0.315 e. The van der Waals surface area contributed by atoms with Crippen molar-refractivity contribution in [2.75, 3.05) is 11.9 Å². The molecule has 0 heterocycles. The maximum absolute atomic E-state index is 13.3. The molecule has 0 aromatic heterocycles. The number of carbonyl (C=O) groups excluding carboxylic acids is 3. The molecule has 9 heteroatoms. The third kappa shape index (κ3) is 7.73. The molecule has 0 aliphatic heterocycles. The first-order chi connectivity index (χ1) is 15.9. The van der Waals surface area contributed by atoms with E-state index in [9.17, 15) is 23.2 Å².